The van der Waals surface area contributed by atoms with Gasteiger partial charge in [0.05, 0.1) is 11.0 Å². The van der Waals surface area contributed by atoms with Gasteiger partial charge in [-0.3, -0.25) is 0 Å². The maximum Gasteiger partial charge on any atom is 0.164 e. The van der Waals surface area contributed by atoms with Crippen LogP contribution in [0, 0.1) is 0 Å². The molecule has 2 aromatic heterocycles. The summed E-state index contributed by atoms with van der Waals surface area (Å²) in [5.41, 5.74) is 11.0. The van der Waals surface area contributed by atoms with E-state index in [1.54, 1.807) is 0 Å². The Morgan fingerprint density at radius 3 is 1.67 bits per heavy atom. The summed E-state index contributed by atoms with van der Waals surface area (Å²) >= 11 is 0. The van der Waals surface area contributed by atoms with Gasteiger partial charge in [-0.1, -0.05) is 124 Å². The van der Waals surface area contributed by atoms with E-state index in [2.05, 4.69) is 92.2 Å². The highest BCUT2D eigenvalue weighted by molar-refractivity contribution is 6.14. The van der Waals surface area contributed by atoms with Crippen LogP contribution in [0.2, 0.25) is 0 Å². The van der Waals surface area contributed by atoms with E-state index < -0.39 is 0 Å². The minimum atomic E-state index is -0.204. The van der Waals surface area contributed by atoms with Crippen LogP contribution < -0.4 is 0 Å². The molecule has 2 heterocycles. The quantitative estimate of drug-likeness (QED) is 0.193. The van der Waals surface area contributed by atoms with Crippen molar-refractivity contribution in [2.45, 2.75) is 19.3 Å². The average molecular weight is 593 g/mol. The summed E-state index contributed by atoms with van der Waals surface area (Å²) in [6, 6.07) is 41.9. The van der Waals surface area contributed by atoms with Gasteiger partial charge in [0.15, 0.2) is 17.5 Å². The second kappa shape index (κ2) is 10.6. The number of hydrogen-bond donors (Lipinski definition) is 0. The van der Waals surface area contributed by atoms with Crippen molar-refractivity contribution in [3.63, 3.8) is 0 Å². The molecule has 0 saturated carbocycles. The lowest BCUT2D eigenvalue weighted by Crippen LogP contribution is -2.16. The van der Waals surface area contributed by atoms with E-state index in [1.807, 2.05) is 72.8 Å². The molecule has 4 nitrogen and oxygen atoms in total. The highest BCUT2D eigenvalue weighted by Crippen LogP contribution is 2.52. The molecule has 220 valence electrons. The number of allylic oxidation sites excluding steroid dienone is 4. The van der Waals surface area contributed by atoms with E-state index in [4.69, 9.17) is 15.0 Å². The van der Waals surface area contributed by atoms with Crippen molar-refractivity contribution < 1.29 is 0 Å². The molecule has 0 aliphatic heterocycles. The molecule has 0 spiro atoms. The lowest BCUT2D eigenvalue weighted by molar-refractivity contribution is 0.661. The molecule has 1 aliphatic rings. The normalized spacial score (nSPS) is 13.7. The Kier molecular flexibility index (Phi) is 6.40. The number of para-hydroxylation sites is 1. The minimum Gasteiger partial charge on any atom is -0.309 e. The molecule has 4 heteroatoms. The summed E-state index contributed by atoms with van der Waals surface area (Å²) in [5, 5.41) is 2.51. The molecule has 5 aromatic carbocycles. The van der Waals surface area contributed by atoms with Crippen LogP contribution in [0.15, 0.2) is 152 Å². The Morgan fingerprint density at radius 2 is 1.11 bits per heavy atom. The molecule has 7 aromatic rings. The third-order valence-corrected chi connectivity index (χ3v) is 9.21. The fourth-order valence-electron chi connectivity index (χ4n) is 7.11. The summed E-state index contributed by atoms with van der Waals surface area (Å²) in [5.74, 6) is 1.94. The van der Waals surface area contributed by atoms with Gasteiger partial charge in [0.25, 0.3) is 0 Å². The number of aromatic nitrogens is 4. The van der Waals surface area contributed by atoms with Gasteiger partial charge in [-0.15, -0.1) is 0 Å². The third-order valence-electron chi connectivity index (χ3n) is 9.21. The topological polar surface area (TPSA) is 43.6 Å². The molecule has 0 radical (unpaired) electrons. The molecule has 0 amide bonds. The molecular formula is C42H32N4. The molecule has 46 heavy (non-hydrogen) atoms. The zero-order chi connectivity index (χ0) is 31.4. The van der Waals surface area contributed by atoms with Crippen molar-refractivity contribution >= 4 is 27.4 Å². The summed E-state index contributed by atoms with van der Waals surface area (Å²) < 4.78 is 2.36. The van der Waals surface area contributed by atoms with Crippen molar-refractivity contribution in [2.75, 3.05) is 0 Å². The van der Waals surface area contributed by atoms with E-state index in [9.17, 15) is 0 Å². The number of hydrogen-bond acceptors (Lipinski definition) is 3. The van der Waals surface area contributed by atoms with Crippen LogP contribution in [0.3, 0.4) is 0 Å². The Hall–Kier alpha value is -5.87. The van der Waals surface area contributed by atoms with Crippen LogP contribution >= 0.6 is 0 Å². The predicted molar refractivity (Wildman–Crippen MR) is 191 cm³/mol. The standard InChI is InChI=1S/C42H32N4/c1-5-31-32-25-26-36-37(38(32)42(3,4)34(31)6-2)33-19-13-14-20-35(33)46(36)30-23-21-29(22-24-30)41-44-39(27-15-9-7-10-16-27)43-40(45-41)28-17-11-8-12-18-28/h5-26H,1-2H2,3-4H3. The first-order valence-corrected chi connectivity index (χ1v) is 15.5. The molecule has 8 rings (SSSR count). The Labute approximate surface area is 268 Å². The van der Waals surface area contributed by atoms with Crippen LogP contribution in [-0.2, 0) is 5.41 Å². The molecule has 0 unspecified atom stereocenters. The van der Waals surface area contributed by atoms with Crippen LogP contribution in [0.1, 0.15) is 25.0 Å². The van der Waals surface area contributed by atoms with Crippen LogP contribution in [0.4, 0.5) is 0 Å². The van der Waals surface area contributed by atoms with Gasteiger partial charge < -0.3 is 4.57 Å². The van der Waals surface area contributed by atoms with Crippen LogP contribution in [0.5, 0.6) is 0 Å². The van der Waals surface area contributed by atoms with Crippen molar-refractivity contribution in [2.24, 2.45) is 0 Å². The summed E-state index contributed by atoms with van der Waals surface area (Å²) in [6.07, 6.45) is 3.97. The number of rotatable bonds is 6. The minimum absolute atomic E-state index is 0.204. The highest BCUT2D eigenvalue weighted by atomic mass is 15.0. The van der Waals surface area contributed by atoms with Crippen molar-refractivity contribution in [3.05, 3.63) is 163 Å². The Morgan fingerprint density at radius 1 is 0.565 bits per heavy atom. The first-order chi connectivity index (χ1) is 22.5. The zero-order valence-electron chi connectivity index (χ0n) is 25.9. The highest BCUT2D eigenvalue weighted by Gasteiger charge is 2.38. The molecular weight excluding hydrogens is 560 g/mol. The lowest BCUT2D eigenvalue weighted by atomic mass is 9.79. The van der Waals surface area contributed by atoms with Crippen LogP contribution in [0.25, 0.3) is 67.2 Å². The number of benzene rings is 5. The summed E-state index contributed by atoms with van der Waals surface area (Å²) in [7, 11) is 0. The second-order valence-electron chi connectivity index (χ2n) is 12.2. The largest absolute Gasteiger partial charge is 0.309 e. The zero-order valence-corrected chi connectivity index (χ0v) is 25.9. The first kappa shape index (κ1) is 27.7. The molecule has 0 bridgehead atoms. The monoisotopic (exact) mass is 592 g/mol. The van der Waals surface area contributed by atoms with Gasteiger partial charge in [0.2, 0.25) is 0 Å². The maximum absolute atomic E-state index is 4.93. The van der Waals surface area contributed by atoms with E-state index in [0.717, 1.165) is 22.4 Å². The van der Waals surface area contributed by atoms with Crippen LogP contribution in [-0.4, -0.2) is 19.5 Å². The molecule has 0 saturated heterocycles. The average Bonchev–Trinajstić information content (AvgIpc) is 3.56. The van der Waals surface area contributed by atoms with Gasteiger partial charge >= 0.3 is 0 Å². The van der Waals surface area contributed by atoms with Gasteiger partial charge in [-0.25, -0.2) is 15.0 Å². The molecule has 0 atom stereocenters. The SMILES string of the molecule is C=CC1=C(C=C)C(C)(C)c2c1ccc1c2c2ccccc2n1-c1ccc(-c2nc(-c3ccccc3)nc(-c3ccccc3)n2)cc1. The predicted octanol–water partition coefficient (Wildman–Crippen LogP) is 10.4. The van der Waals surface area contributed by atoms with E-state index >= 15 is 0 Å². The first-order valence-electron chi connectivity index (χ1n) is 15.5. The Bertz CT molecular complexity index is 2280. The molecule has 0 fully saturated rings. The fraction of sp³-hybridized carbons (Fsp3) is 0.0714. The molecule has 0 N–H and O–H groups in total. The molecule has 1 aliphatic carbocycles. The third kappa shape index (κ3) is 4.18. The van der Waals surface area contributed by atoms with Crippen molar-refractivity contribution in [1.82, 2.24) is 19.5 Å². The van der Waals surface area contributed by atoms with Gasteiger partial charge in [-0.2, -0.15) is 0 Å². The van der Waals surface area contributed by atoms with Gasteiger partial charge in [-0.05, 0) is 58.7 Å². The van der Waals surface area contributed by atoms with E-state index in [1.165, 1.54) is 44.1 Å². The maximum atomic E-state index is 4.93. The summed E-state index contributed by atoms with van der Waals surface area (Å²) in [6.45, 7) is 12.9. The van der Waals surface area contributed by atoms with Crippen molar-refractivity contribution in [3.8, 4) is 39.9 Å². The summed E-state index contributed by atoms with van der Waals surface area (Å²) in [4.78, 5) is 14.7. The lowest BCUT2D eigenvalue weighted by Gasteiger charge is -2.24. The number of nitrogens with zero attached hydrogens (tertiary/aromatic N) is 4. The van der Waals surface area contributed by atoms with Gasteiger partial charge in [0.1, 0.15) is 0 Å². The second-order valence-corrected chi connectivity index (χ2v) is 12.2. The van der Waals surface area contributed by atoms with E-state index in [0.29, 0.717) is 17.5 Å². The number of fused-ring (bicyclic) bond motifs is 5. The Balaban J connectivity index is 1.29. The van der Waals surface area contributed by atoms with Gasteiger partial charge in [0, 0.05) is 38.6 Å². The van der Waals surface area contributed by atoms with E-state index in [-0.39, 0.29) is 5.41 Å². The van der Waals surface area contributed by atoms with Crippen molar-refractivity contribution in [1.29, 1.82) is 0 Å². The fourth-order valence-corrected chi connectivity index (χ4v) is 7.11. The smallest absolute Gasteiger partial charge is 0.164 e.